The number of carbonyl (C=O) groups is 1. The number of nitrogens with zero attached hydrogens (tertiary/aromatic N) is 1. The Bertz CT molecular complexity index is 685. The molecule has 0 bridgehead atoms. The van der Waals surface area contributed by atoms with E-state index in [-0.39, 0.29) is 18.0 Å². The van der Waals surface area contributed by atoms with Crippen LogP contribution in [0.25, 0.3) is 0 Å². The maximum absolute atomic E-state index is 12.6. The van der Waals surface area contributed by atoms with Crippen LogP contribution < -0.4 is 5.32 Å². The number of hydrogen-bond donors (Lipinski definition) is 1. The quantitative estimate of drug-likeness (QED) is 0.889. The molecule has 2 aromatic rings. The van der Waals surface area contributed by atoms with E-state index in [1.807, 2.05) is 18.2 Å². The summed E-state index contributed by atoms with van der Waals surface area (Å²) in [6, 6.07) is 17.4. The Labute approximate surface area is 153 Å². The summed E-state index contributed by atoms with van der Waals surface area (Å²) in [6.07, 6.45) is 0. The second kappa shape index (κ2) is 8.48. The molecule has 0 aromatic heterocycles. The topological polar surface area (TPSA) is 41.6 Å². The molecule has 4 nitrogen and oxygen atoms in total. The van der Waals surface area contributed by atoms with Gasteiger partial charge in [-0.2, -0.15) is 0 Å². The third-order valence-electron chi connectivity index (χ3n) is 4.52. The molecule has 1 aliphatic heterocycles. The summed E-state index contributed by atoms with van der Waals surface area (Å²) in [5.41, 5.74) is 1.82. The molecule has 5 heteroatoms. The van der Waals surface area contributed by atoms with Crippen LogP contribution in [0.1, 0.15) is 28.9 Å². The van der Waals surface area contributed by atoms with Crippen molar-refractivity contribution in [2.45, 2.75) is 19.0 Å². The third kappa shape index (κ3) is 4.60. The van der Waals surface area contributed by atoms with Gasteiger partial charge in [-0.1, -0.05) is 41.9 Å². The maximum Gasteiger partial charge on any atom is 0.251 e. The fraction of sp³-hybridized carbons (Fsp3) is 0.350. The van der Waals surface area contributed by atoms with E-state index in [9.17, 15) is 4.79 Å². The Morgan fingerprint density at radius 2 is 1.72 bits per heavy atom. The lowest BCUT2D eigenvalue weighted by molar-refractivity contribution is 0.00888. The standard InChI is InChI=1S/C20H23ClN2O2/c1-15(22-20(24)17-7-9-18(21)10-8-17)19(16-5-3-2-4-6-16)23-11-13-25-14-12-23/h2-10,15,19H,11-14H2,1H3,(H,22,24). The minimum Gasteiger partial charge on any atom is -0.379 e. The first-order valence-corrected chi connectivity index (χ1v) is 8.96. The summed E-state index contributed by atoms with van der Waals surface area (Å²) in [4.78, 5) is 15.0. The van der Waals surface area contributed by atoms with Gasteiger partial charge in [0.2, 0.25) is 0 Å². The Hall–Kier alpha value is -1.88. The number of halogens is 1. The number of carbonyl (C=O) groups excluding carboxylic acids is 1. The van der Waals surface area contributed by atoms with Crippen molar-refractivity contribution in [3.05, 3.63) is 70.7 Å². The summed E-state index contributed by atoms with van der Waals surface area (Å²) in [6.45, 7) is 5.23. The minimum absolute atomic E-state index is 0.0383. The molecule has 1 N–H and O–H groups in total. The van der Waals surface area contributed by atoms with E-state index in [4.69, 9.17) is 16.3 Å². The Morgan fingerprint density at radius 3 is 2.36 bits per heavy atom. The molecule has 132 valence electrons. The van der Waals surface area contributed by atoms with Crippen LogP contribution >= 0.6 is 11.6 Å². The molecule has 2 unspecified atom stereocenters. The van der Waals surface area contributed by atoms with E-state index in [0.29, 0.717) is 10.6 Å². The van der Waals surface area contributed by atoms with Gasteiger partial charge in [-0.3, -0.25) is 9.69 Å². The Morgan fingerprint density at radius 1 is 1.08 bits per heavy atom. The molecule has 2 atom stereocenters. The fourth-order valence-corrected chi connectivity index (χ4v) is 3.42. The number of amides is 1. The monoisotopic (exact) mass is 358 g/mol. The fourth-order valence-electron chi connectivity index (χ4n) is 3.29. The van der Waals surface area contributed by atoms with Crippen LogP contribution in [0.5, 0.6) is 0 Å². The van der Waals surface area contributed by atoms with Gasteiger partial charge in [-0.15, -0.1) is 0 Å². The Balaban J connectivity index is 1.77. The van der Waals surface area contributed by atoms with Crippen LogP contribution in [-0.4, -0.2) is 43.2 Å². The average molecular weight is 359 g/mol. The van der Waals surface area contributed by atoms with Crippen LogP contribution in [0, 0.1) is 0 Å². The zero-order valence-corrected chi connectivity index (χ0v) is 15.1. The molecule has 0 aliphatic carbocycles. The molecule has 25 heavy (non-hydrogen) atoms. The van der Waals surface area contributed by atoms with E-state index in [1.54, 1.807) is 24.3 Å². The largest absolute Gasteiger partial charge is 0.379 e. The van der Waals surface area contributed by atoms with Crippen molar-refractivity contribution in [2.24, 2.45) is 0 Å². The molecule has 0 saturated carbocycles. The van der Waals surface area contributed by atoms with Crippen molar-refractivity contribution in [3.63, 3.8) is 0 Å². The molecule has 1 amide bonds. The molecule has 1 fully saturated rings. The smallest absolute Gasteiger partial charge is 0.251 e. The van der Waals surface area contributed by atoms with Gasteiger partial charge in [0.15, 0.2) is 0 Å². The highest BCUT2D eigenvalue weighted by atomic mass is 35.5. The lowest BCUT2D eigenvalue weighted by atomic mass is 9.97. The van der Waals surface area contributed by atoms with E-state index in [2.05, 4.69) is 29.3 Å². The van der Waals surface area contributed by atoms with Crippen LogP contribution in [-0.2, 0) is 4.74 Å². The van der Waals surface area contributed by atoms with Crippen LogP contribution in [0.2, 0.25) is 5.02 Å². The number of ether oxygens (including phenoxy) is 1. The lowest BCUT2D eigenvalue weighted by Gasteiger charge is -2.38. The summed E-state index contributed by atoms with van der Waals surface area (Å²) in [5, 5.41) is 3.77. The zero-order valence-electron chi connectivity index (χ0n) is 14.3. The summed E-state index contributed by atoms with van der Waals surface area (Å²) in [5.74, 6) is -0.0849. The Kier molecular flexibility index (Phi) is 6.08. The molecular weight excluding hydrogens is 336 g/mol. The van der Waals surface area contributed by atoms with Crippen LogP contribution in [0.3, 0.4) is 0 Å². The second-order valence-corrected chi connectivity index (χ2v) is 6.71. The van der Waals surface area contributed by atoms with Gasteiger partial charge >= 0.3 is 0 Å². The molecule has 3 rings (SSSR count). The normalized spacial score (nSPS) is 17.7. The number of benzene rings is 2. The maximum atomic E-state index is 12.6. The van der Waals surface area contributed by atoms with Crippen molar-refractivity contribution in [2.75, 3.05) is 26.3 Å². The van der Waals surface area contributed by atoms with Crippen molar-refractivity contribution >= 4 is 17.5 Å². The number of nitrogens with one attached hydrogen (secondary N) is 1. The first-order valence-electron chi connectivity index (χ1n) is 8.58. The summed E-state index contributed by atoms with van der Waals surface area (Å²) >= 11 is 5.90. The van der Waals surface area contributed by atoms with Gasteiger partial charge in [-0.25, -0.2) is 0 Å². The van der Waals surface area contributed by atoms with E-state index in [0.717, 1.165) is 26.3 Å². The number of rotatable bonds is 5. The molecule has 0 radical (unpaired) electrons. The van der Waals surface area contributed by atoms with E-state index < -0.39 is 0 Å². The molecule has 1 aliphatic rings. The van der Waals surface area contributed by atoms with Crippen molar-refractivity contribution in [1.82, 2.24) is 10.2 Å². The highest BCUT2D eigenvalue weighted by molar-refractivity contribution is 6.30. The van der Waals surface area contributed by atoms with E-state index >= 15 is 0 Å². The van der Waals surface area contributed by atoms with Crippen molar-refractivity contribution in [3.8, 4) is 0 Å². The number of hydrogen-bond acceptors (Lipinski definition) is 3. The summed E-state index contributed by atoms with van der Waals surface area (Å²) < 4.78 is 5.49. The third-order valence-corrected chi connectivity index (χ3v) is 4.77. The van der Waals surface area contributed by atoms with E-state index in [1.165, 1.54) is 5.56 Å². The highest BCUT2D eigenvalue weighted by Crippen LogP contribution is 2.25. The first-order chi connectivity index (χ1) is 12.1. The molecule has 1 saturated heterocycles. The molecule has 0 spiro atoms. The van der Waals surface area contributed by atoms with Gasteiger partial charge in [0, 0.05) is 29.7 Å². The van der Waals surface area contributed by atoms with Crippen LogP contribution in [0.15, 0.2) is 54.6 Å². The SMILES string of the molecule is CC(NC(=O)c1ccc(Cl)cc1)C(c1ccccc1)N1CCOCC1. The molecule has 2 aromatic carbocycles. The van der Waals surface area contributed by atoms with Gasteiger partial charge < -0.3 is 10.1 Å². The minimum atomic E-state index is -0.0849. The lowest BCUT2D eigenvalue weighted by Crippen LogP contribution is -2.48. The molecular formula is C20H23ClN2O2. The van der Waals surface area contributed by atoms with Gasteiger partial charge in [0.1, 0.15) is 0 Å². The van der Waals surface area contributed by atoms with Gasteiger partial charge in [-0.05, 0) is 36.8 Å². The van der Waals surface area contributed by atoms with Crippen molar-refractivity contribution in [1.29, 1.82) is 0 Å². The summed E-state index contributed by atoms with van der Waals surface area (Å²) in [7, 11) is 0. The predicted molar refractivity (Wildman–Crippen MR) is 100.0 cm³/mol. The van der Waals surface area contributed by atoms with Gasteiger partial charge in [0.25, 0.3) is 5.91 Å². The highest BCUT2D eigenvalue weighted by Gasteiger charge is 2.28. The number of morpholine rings is 1. The van der Waals surface area contributed by atoms with Crippen LogP contribution in [0.4, 0.5) is 0 Å². The average Bonchev–Trinajstić information content (AvgIpc) is 2.64. The van der Waals surface area contributed by atoms with Gasteiger partial charge in [0.05, 0.1) is 19.3 Å². The first kappa shape index (κ1) is 17.9. The molecule has 1 heterocycles. The second-order valence-electron chi connectivity index (χ2n) is 6.27. The zero-order chi connectivity index (χ0) is 17.6. The predicted octanol–water partition coefficient (Wildman–Crippen LogP) is 3.53. The van der Waals surface area contributed by atoms with Crippen molar-refractivity contribution < 1.29 is 9.53 Å².